The molecule has 0 spiro atoms. The molecule has 1 heterocycles. The predicted octanol–water partition coefficient (Wildman–Crippen LogP) is 2.07. The average molecular weight is 256 g/mol. The number of aliphatic carboxylic acids is 1. The first-order chi connectivity index (χ1) is 8.51. The number of nitrogens with zero attached hydrogens (tertiary/aromatic N) is 1. The number of rotatable bonds is 5. The van der Waals surface area contributed by atoms with Gasteiger partial charge in [-0.05, 0) is 25.2 Å². The lowest BCUT2D eigenvalue weighted by atomic mass is 10.0. The summed E-state index contributed by atoms with van der Waals surface area (Å²) in [6.45, 7) is 6.52. The van der Waals surface area contributed by atoms with Crippen molar-refractivity contribution < 1.29 is 14.7 Å². The molecule has 1 aliphatic heterocycles. The molecule has 0 aromatic heterocycles. The van der Waals surface area contributed by atoms with Gasteiger partial charge >= 0.3 is 12.0 Å². The van der Waals surface area contributed by atoms with Gasteiger partial charge in [-0.25, -0.2) is 9.59 Å². The highest BCUT2D eigenvalue weighted by molar-refractivity contribution is 5.83. The zero-order valence-electron chi connectivity index (χ0n) is 11.5. The number of carboxylic acids is 1. The standard InChI is InChI=1S/C13H24N2O3/c1-4-6-10(5-2)14-13(18)15-8-7-9(3)11(15)12(16)17/h9-11H,4-8H2,1-3H3,(H,14,18)(H,16,17). The third-order valence-corrected chi connectivity index (χ3v) is 3.67. The van der Waals surface area contributed by atoms with Gasteiger partial charge in [0.05, 0.1) is 0 Å². The molecule has 3 atom stereocenters. The molecule has 0 aliphatic carbocycles. The largest absolute Gasteiger partial charge is 0.480 e. The lowest BCUT2D eigenvalue weighted by Crippen LogP contribution is -2.50. The molecule has 5 heteroatoms. The second-order valence-electron chi connectivity index (χ2n) is 5.09. The second-order valence-corrected chi connectivity index (χ2v) is 5.09. The highest BCUT2D eigenvalue weighted by Crippen LogP contribution is 2.24. The molecule has 0 radical (unpaired) electrons. The van der Waals surface area contributed by atoms with Crippen LogP contribution in [-0.2, 0) is 4.79 Å². The Hall–Kier alpha value is -1.26. The molecule has 1 fully saturated rings. The average Bonchev–Trinajstić information content (AvgIpc) is 2.70. The van der Waals surface area contributed by atoms with E-state index in [9.17, 15) is 14.7 Å². The maximum atomic E-state index is 12.1. The molecular formula is C13H24N2O3. The molecule has 2 N–H and O–H groups in total. The normalized spacial score (nSPS) is 24.9. The predicted molar refractivity (Wildman–Crippen MR) is 69.4 cm³/mol. The number of amides is 2. The summed E-state index contributed by atoms with van der Waals surface area (Å²) < 4.78 is 0. The molecule has 0 bridgehead atoms. The van der Waals surface area contributed by atoms with Crippen molar-refractivity contribution in [1.29, 1.82) is 0 Å². The molecule has 3 unspecified atom stereocenters. The van der Waals surface area contributed by atoms with E-state index >= 15 is 0 Å². The number of carbonyl (C=O) groups excluding carboxylic acids is 1. The van der Waals surface area contributed by atoms with E-state index in [0.717, 1.165) is 25.7 Å². The number of hydrogen-bond acceptors (Lipinski definition) is 2. The summed E-state index contributed by atoms with van der Waals surface area (Å²) in [5, 5.41) is 12.1. The number of carboxylic acid groups (broad SMARTS) is 1. The molecular weight excluding hydrogens is 232 g/mol. The van der Waals surface area contributed by atoms with Crippen LogP contribution in [0.2, 0.25) is 0 Å². The molecule has 1 rings (SSSR count). The molecule has 18 heavy (non-hydrogen) atoms. The minimum atomic E-state index is -0.904. The Labute approximate surface area is 109 Å². The Balaban J connectivity index is 2.63. The smallest absolute Gasteiger partial charge is 0.326 e. The Morgan fingerprint density at radius 2 is 2.11 bits per heavy atom. The van der Waals surface area contributed by atoms with Gasteiger partial charge in [0.2, 0.25) is 0 Å². The monoisotopic (exact) mass is 256 g/mol. The second kappa shape index (κ2) is 6.61. The summed E-state index contributed by atoms with van der Waals surface area (Å²) in [5.41, 5.74) is 0. The first-order valence-electron chi connectivity index (χ1n) is 6.81. The molecule has 0 aromatic carbocycles. The molecule has 2 amide bonds. The van der Waals surface area contributed by atoms with E-state index in [2.05, 4.69) is 12.2 Å². The van der Waals surface area contributed by atoms with Crippen molar-refractivity contribution in [3.05, 3.63) is 0 Å². The maximum absolute atomic E-state index is 12.1. The molecule has 1 aliphatic rings. The highest BCUT2D eigenvalue weighted by atomic mass is 16.4. The van der Waals surface area contributed by atoms with Gasteiger partial charge in [-0.2, -0.15) is 0 Å². The Morgan fingerprint density at radius 3 is 2.61 bits per heavy atom. The van der Waals surface area contributed by atoms with Crippen LogP contribution in [0.4, 0.5) is 4.79 Å². The summed E-state index contributed by atoms with van der Waals surface area (Å²) in [4.78, 5) is 24.8. The van der Waals surface area contributed by atoms with Crippen molar-refractivity contribution in [2.75, 3.05) is 6.54 Å². The summed E-state index contributed by atoms with van der Waals surface area (Å²) in [6, 6.07) is -0.760. The van der Waals surface area contributed by atoms with Crippen molar-refractivity contribution in [1.82, 2.24) is 10.2 Å². The van der Waals surface area contributed by atoms with Crippen LogP contribution >= 0.6 is 0 Å². The minimum Gasteiger partial charge on any atom is -0.480 e. The third-order valence-electron chi connectivity index (χ3n) is 3.67. The summed E-state index contributed by atoms with van der Waals surface area (Å²) in [5.74, 6) is -0.877. The van der Waals surface area contributed by atoms with E-state index in [-0.39, 0.29) is 18.0 Å². The van der Waals surface area contributed by atoms with Crippen LogP contribution in [0.5, 0.6) is 0 Å². The molecule has 0 saturated carbocycles. The lowest BCUT2D eigenvalue weighted by Gasteiger charge is -2.26. The van der Waals surface area contributed by atoms with E-state index in [1.54, 1.807) is 0 Å². The fraction of sp³-hybridized carbons (Fsp3) is 0.846. The van der Waals surface area contributed by atoms with E-state index in [1.165, 1.54) is 4.90 Å². The molecule has 5 nitrogen and oxygen atoms in total. The van der Waals surface area contributed by atoms with Gasteiger partial charge in [-0.15, -0.1) is 0 Å². The van der Waals surface area contributed by atoms with Crippen LogP contribution < -0.4 is 5.32 Å². The Bertz CT molecular complexity index is 307. The topological polar surface area (TPSA) is 69.6 Å². The van der Waals surface area contributed by atoms with Gasteiger partial charge in [0, 0.05) is 12.6 Å². The molecule has 104 valence electrons. The molecule has 1 saturated heterocycles. The van der Waals surface area contributed by atoms with Gasteiger partial charge < -0.3 is 15.3 Å². The maximum Gasteiger partial charge on any atom is 0.326 e. The Kier molecular flexibility index (Phi) is 5.44. The quantitative estimate of drug-likeness (QED) is 0.791. The lowest BCUT2D eigenvalue weighted by molar-refractivity contribution is -0.142. The van der Waals surface area contributed by atoms with Crippen molar-refractivity contribution in [2.24, 2.45) is 5.92 Å². The summed E-state index contributed by atoms with van der Waals surface area (Å²) >= 11 is 0. The fourth-order valence-corrected chi connectivity index (χ4v) is 2.54. The number of urea groups is 1. The van der Waals surface area contributed by atoms with Gasteiger partial charge in [0.25, 0.3) is 0 Å². The zero-order chi connectivity index (χ0) is 13.7. The van der Waals surface area contributed by atoms with Gasteiger partial charge in [0.15, 0.2) is 0 Å². The van der Waals surface area contributed by atoms with Crippen molar-refractivity contribution in [3.8, 4) is 0 Å². The zero-order valence-corrected chi connectivity index (χ0v) is 11.5. The van der Waals surface area contributed by atoms with Crippen LogP contribution in [0.15, 0.2) is 0 Å². The fourth-order valence-electron chi connectivity index (χ4n) is 2.54. The van der Waals surface area contributed by atoms with Gasteiger partial charge in [-0.1, -0.05) is 27.2 Å². The summed E-state index contributed by atoms with van der Waals surface area (Å²) in [6.07, 6.45) is 3.58. The highest BCUT2D eigenvalue weighted by Gasteiger charge is 2.39. The first kappa shape index (κ1) is 14.8. The van der Waals surface area contributed by atoms with E-state index < -0.39 is 12.0 Å². The summed E-state index contributed by atoms with van der Waals surface area (Å²) in [7, 11) is 0. The first-order valence-corrected chi connectivity index (χ1v) is 6.81. The number of nitrogens with one attached hydrogen (secondary N) is 1. The number of carbonyl (C=O) groups is 2. The van der Waals surface area contributed by atoms with Gasteiger partial charge in [0.1, 0.15) is 6.04 Å². The molecule has 0 aromatic rings. The van der Waals surface area contributed by atoms with Crippen molar-refractivity contribution in [2.45, 2.75) is 58.5 Å². The van der Waals surface area contributed by atoms with Crippen LogP contribution in [0.25, 0.3) is 0 Å². The SMILES string of the molecule is CCCC(CC)NC(=O)N1CCC(C)C1C(=O)O. The van der Waals surface area contributed by atoms with Crippen LogP contribution in [-0.4, -0.2) is 40.6 Å². The third kappa shape index (κ3) is 3.37. The number of likely N-dealkylation sites (tertiary alicyclic amines) is 1. The van der Waals surface area contributed by atoms with E-state index in [0.29, 0.717) is 6.54 Å². The van der Waals surface area contributed by atoms with Crippen LogP contribution in [0.1, 0.15) is 46.5 Å². The van der Waals surface area contributed by atoms with Crippen molar-refractivity contribution in [3.63, 3.8) is 0 Å². The number of hydrogen-bond donors (Lipinski definition) is 2. The van der Waals surface area contributed by atoms with Crippen molar-refractivity contribution >= 4 is 12.0 Å². The van der Waals surface area contributed by atoms with Gasteiger partial charge in [-0.3, -0.25) is 0 Å². The van der Waals surface area contributed by atoms with E-state index in [4.69, 9.17) is 0 Å². The van der Waals surface area contributed by atoms with Crippen LogP contribution in [0, 0.1) is 5.92 Å². The van der Waals surface area contributed by atoms with E-state index in [1.807, 2.05) is 13.8 Å². The minimum absolute atomic E-state index is 0.0273. The Morgan fingerprint density at radius 1 is 1.44 bits per heavy atom. The van der Waals surface area contributed by atoms with Crippen LogP contribution in [0.3, 0.4) is 0 Å².